The van der Waals surface area contributed by atoms with Crippen LogP contribution in [0.2, 0.25) is 0 Å². The first kappa shape index (κ1) is 15.6. The van der Waals surface area contributed by atoms with E-state index in [1.165, 1.54) is 23.5 Å². The third-order valence-corrected chi connectivity index (χ3v) is 5.29. The first-order valence-corrected chi connectivity index (χ1v) is 8.70. The molecule has 108 valence electrons. The van der Waals surface area contributed by atoms with Gasteiger partial charge in [-0.2, -0.15) is 0 Å². The second kappa shape index (κ2) is 6.31. The van der Waals surface area contributed by atoms with Crippen LogP contribution in [0.3, 0.4) is 0 Å². The molecule has 1 aromatic carbocycles. The van der Waals surface area contributed by atoms with E-state index in [0.29, 0.717) is 4.47 Å². The predicted octanol–water partition coefficient (Wildman–Crippen LogP) is 2.62. The second-order valence-electron chi connectivity index (χ2n) is 3.94. The van der Waals surface area contributed by atoms with E-state index < -0.39 is 27.3 Å². The van der Waals surface area contributed by atoms with Crippen LogP contribution in [0, 0.1) is 5.82 Å². The van der Waals surface area contributed by atoms with Crippen LogP contribution in [0.4, 0.5) is 4.39 Å². The molecule has 0 saturated heterocycles. The molecule has 1 heterocycles. The maximum atomic E-state index is 14.0. The summed E-state index contributed by atoms with van der Waals surface area (Å²) < 4.78 is 41.0. The van der Waals surface area contributed by atoms with Gasteiger partial charge in [-0.3, -0.25) is 0 Å². The van der Waals surface area contributed by atoms with Gasteiger partial charge < -0.3 is 5.11 Å². The minimum atomic E-state index is -3.98. The zero-order valence-corrected chi connectivity index (χ0v) is 13.4. The second-order valence-corrected chi connectivity index (χ2v) is 7.62. The Kier molecular flexibility index (Phi) is 4.92. The number of rotatable bonds is 5. The zero-order chi connectivity index (χ0) is 14.8. The summed E-state index contributed by atoms with van der Waals surface area (Å²) in [6, 6.07) is 6.10. The molecular weight excluding hydrogens is 369 g/mol. The van der Waals surface area contributed by atoms with E-state index in [4.69, 9.17) is 5.11 Å². The smallest absolute Gasteiger partial charge is 0.243 e. The van der Waals surface area contributed by atoms with E-state index in [1.807, 2.05) is 5.38 Å². The molecular formula is C12H11BrFNO3S2. The minimum Gasteiger partial charge on any atom is -0.392 e. The van der Waals surface area contributed by atoms with Crippen LogP contribution in [0.5, 0.6) is 0 Å². The van der Waals surface area contributed by atoms with Crippen LogP contribution < -0.4 is 4.72 Å². The standard InChI is InChI=1S/C12H11BrFNO3S2/c13-9-4-8(7-16)12(14)11(5-9)20(17,18)15-6-10-2-1-3-19-10/h1-5,15-16H,6-7H2. The molecule has 0 aliphatic carbocycles. The Labute approximate surface area is 128 Å². The molecule has 2 rings (SSSR count). The number of halogens is 2. The average Bonchev–Trinajstić information content (AvgIpc) is 2.92. The summed E-state index contributed by atoms with van der Waals surface area (Å²) in [5, 5.41) is 10.9. The van der Waals surface area contributed by atoms with Gasteiger partial charge in [0.05, 0.1) is 6.61 Å². The highest BCUT2D eigenvalue weighted by Crippen LogP contribution is 2.24. The molecule has 4 nitrogen and oxygen atoms in total. The maximum absolute atomic E-state index is 14.0. The van der Waals surface area contributed by atoms with Crippen molar-refractivity contribution in [1.29, 1.82) is 0 Å². The fraction of sp³-hybridized carbons (Fsp3) is 0.167. The Balaban J connectivity index is 2.31. The summed E-state index contributed by atoms with van der Waals surface area (Å²) >= 11 is 4.51. The van der Waals surface area contributed by atoms with E-state index in [0.717, 1.165) is 4.88 Å². The van der Waals surface area contributed by atoms with Crippen molar-refractivity contribution in [3.8, 4) is 0 Å². The molecule has 0 fully saturated rings. The van der Waals surface area contributed by atoms with Gasteiger partial charge in [0, 0.05) is 21.5 Å². The van der Waals surface area contributed by atoms with Gasteiger partial charge in [0.15, 0.2) is 0 Å². The third-order valence-electron chi connectivity index (χ3n) is 2.56. The van der Waals surface area contributed by atoms with Gasteiger partial charge in [-0.1, -0.05) is 22.0 Å². The first-order valence-electron chi connectivity index (χ1n) is 5.55. The van der Waals surface area contributed by atoms with Crippen molar-refractivity contribution in [2.24, 2.45) is 0 Å². The lowest BCUT2D eigenvalue weighted by molar-refractivity contribution is 0.274. The van der Waals surface area contributed by atoms with Crippen molar-refractivity contribution in [2.45, 2.75) is 18.0 Å². The fourth-order valence-electron chi connectivity index (χ4n) is 1.59. The Morgan fingerprint density at radius 3 is 2.75 bits per heavy atom. The van der Waals surface area contributed by atoms with Crippen LogP contribution in [0.25, 0.3) is 0 Å². The SMILES string of the molecule is O=S(=O)(NCc1cccs1)c1cc(Br)cc(CO)c1F. The molecule has 0 saturated carbocycles. The number of hydrogen-bond donors (Lipinski definition) is 2. The lowest BCUT2D eigenvalue weighted by atomic mass is 10.2. The van der Waals surface area contributed by atoms with Gasteiger partial charge in [-0.05, 0) is 23.6 Å². The number of thiophene rings is 1. The number of benzene rings is 1. The Morgan fingerprint density at radius 1 is 1.40 bits per heavy atom. The molecule has 0 radical (unpaired) electrons. The van der Waals surface area contributed by atoms with E-state index in [2.05, 4.69) is 20.7 Å². The predicted molar refractivity (Wildman–Crippen MR) is 78.4 cm³/mol. The topological polar surface area (TPSA) is 66.4 Å². The number of sulfonamides is 1. The number of hydrogen-bond acceptors (Lipinski definition) is 4. The first-order chi connectivity index (χ1) is 9.44. The van der Waals surface area contributed by atoms with Crippen molar-refractivity contribution in [3.05, 3.63) is 50.4 Å². The van der Waals surface area contributed by atoms with Gasteiger partial charge in [0.1, 0.15) is 10.7 Å². The summed E-state index contributed by atoms with van der Waals surface area (Å²) in [6.45, 7) is -0.473. The molecule has 2 N–H and O–H groups in total. The van der Waals surface area contributed by atoms with Crippen LogP contribution in [-0.2, 0) is 23.2 Å². The lowest BCUT2D eigenvalue weighted by Gasteiger charge is -2.10. The maximum Gasteiger partial charge on any atom is 0.243 e. The van der Waals surface area contributed by atoms with Crippen LogP contribution >= 0.6 is 27.3 Å². The highest BCUT2D eigenvalue weighted by molar-refractivity contribution is 9.10. The lowest BCUT2D eigenvalue weighted by Crippen LogP contribution is -2.24. The van der Waals surface area contributed by atoms with E-state index in [1.54, 1.807) is 12.1 Å². The largest absolute Gasteiger partial charge is 0.392 e. The number of aliphatic hydroxyl groups is 1. The van der Waals surface area contributed by atoms with Gasteiger partial charge in [0.2, 0.25) is 10.0 Å². The zero-order valence-electron chi connectivity index (χ0n) is 10.1. The van der Waals surface area contributed by atoms with E-state index >= 15 is 0 Å². The number of aliphatic hydroxyl groups excluding tert-OH is 1. The molecule has 20 heavy (non-hydrogen) atoms. The van der Waals surface area contributed by atoms with Crippen molar-refractivity contribution < 1.29 is 17.9 Å². The Bertz CT molecular complexity index is 702. The van der Waals surface area contributed by atoms with Crippen LogP contribution in [-0.4, -0.2) is 13.5 Å². The molecule has 2 aromatic rings. The van der Waals surface area contributed by atoms with Crippen molar-refractivity contribution in [3.63, 3.8) is 0 Å². The summed E-state index contributed by atoms with van der Waals surface area (Å²) in [5.41, 5.74) is -0.0733. The van der Waals surface area contributed by atoms with Gasteiger partial charge in [-0.15, -0.1) is 11.3 Å². The summed E-state index contributed by atoms with van der Waals surface area (Å²) in [6.07, 6.45) is 0. The average molecular weight is 380 g/mol. The molecule has 0 amide bonds. The quantitative estimate of drug-likeness (QED) is 0.838. The van der Waals surface area contributed by atoms with Crippen LogP contribution in [0.1, 0.15) is 10.4 Å². The van der Waals surface area contributed by atoms with Crippen molar-refractivity contribution in [1.82, 2.24) is 4.72 Å². The molecule has 8 heteroatoms. The molecule has 0 spiro atoms. The molecule has 0 aliphatic heterocycles. The van der Waals surface area contributed by atoms with Crippen LogP contribution in [0.15, 0.2) is 39.0 Å². The molecule has 1 aromatic heterocycles. The van der Waals surface area contributed by atoms with Crippen molar-refractivity contribution >= 4 is 37.3 Å². The minimum absolute atomic E-state index is 0.0733. The Hall–Kier alpha value is -0.800. The van der Waals surface area contributed by atoms with E-state index in [-0.39, 0.29) is 12.1 Å². The van der Waals surface area contributed by atoms with Gasteiger partial charge in [-0.25, -0.2) is 17.5 Å². The molecule has 0 unspecified atom stereocenters. The normalized spacial score (nSPS) is 11.8. The highest BCUT2D eigenvalue weighted by atomic mass is 79.9. The fourth-order valence-corrected chi connectivity index (χ4v) is 4.13. The third kappa shape index (κ3) is 3.44. The van der Waals surface area contributed by atoms with E-state index in [9.17, 15) is 12.8 Å². The molecule has 0 bridgehead atoms. The monoisotopic (exact) mass is 379 g/mol. The summed E-state index contributed by atoms with van der Waals surface area (Å²) in [5.74, 6) is -0.936. The van der Waals surface area contributed by atoms with Gasteiger partial charge in [0.25, 0.3) is 0 Å². The van der Waals surface area contributed by atoms with Crippen molar-refractivity contribution in [2.75, 3.05) is 0 Å². The summed E-state index contributed by atoms with van der Waals surface area (Å²) in [7, 11) is -3.98. The molecule has 0 aliphatic rings. The number of nitrogens with one attached hydrogen (secondary N) is 1. The molecule has 0 atom stereocenters. The summed E-state index contributed by atoms with van der Waals surface area (Å²) in [4.78, 5) is 0.346. The Morgan fingerprint density at radius 2 is 2.15 bits per heavy atom. The van der Waals surface area contributed by atoms with Gasteiger partial charge >= 0.3 is 0 Å². The highest BCUT2D eigenvalue weighted by Gasteiger charge is 2.22.